The molecule has 0 saturated heterocycles. The van der Waals surface area contributed by atoms with E-state index in [-0.39, 0.29) is 22.4 Å². The SMILES string of the molecule is C[C@@H](CO)NC(=O)C(=O)Nc1cccc(S(=O)(=O)C2CCCC2)c1. The van der Waals surface area contributed by atoms with Gasteiger partial charge in [0.25, 0.3) is 0 Å². The van der Waals surface area contributed by atoms with Crippen LogP contribution in [0.2, 0.25) is 0 Å². The molecule has 0 bridgehead atoms. The molecule has 1 aliphatic rings. The quantitative estimate of drug-likeness (QED) is 0.678. The van der Waals surface area contributed by atoms with Crippen LogP contribution in [0.3, 0.4) is 0 Å². The van der Waals surface area contributed by atoms with E-state index < -0.39 is 27.7 Å². The van der Waals surface area contributed by atoms with Crippen LogP contribution >= 0.6 is 0 Å². The van der Waals surface area contributed by atoms with Crippen LogP contribution in [0, 0.1) is 0 Å². The first-order valence-corrected chi connectivity index (χ1v) is 9.46. The highest BCUT2D eigenvalue weighted by Crippen LogP contribution is 2.30. The lowest BCUT2D eigenvalue weighted by Gasteiger charge is -2.13. The zero-order valence-corrected chi connectivity index (χ0v) is 14.3. The van der Waals surface area contributed by atoms with Crippen molar-refractivity contribution in [1.82, 2.24) is 5.32 Å². The predicted octanol–water partition coefficient (Wildman–Crippen LogP) is 0.838. The summed E-state index contributed by atoms with van der Waals surface area (Å²) in [6, 6.07) is 5.38. The Morgan fingerprint density at radius 2 is 1.92 bits per heavy atom. The number of hydrogen-bond donors (Lipinski definition) is 3. The highest BCUT2D eigenvalue weighted by atomic mass is 32.2. The van der Waals surface area contributed by atoms with Crippen LogP contribution < -0.4 is 10.6 Å². The molecule has 1 fully saturated rings. The molecule has 0 unspecified atom stereocenters. The van der Waals surface area contributed by atoms with Crippen LogP contribution in [0.4, 0.5) is 5.69 Å². The van der Waals surface area contributed by atoms with Gasteiger partial charge >= 0.3 is 11.8 Å². The number of benzene rings is 1. The Kier molecular flexibility index (Phi) is 5.95. The minimum Gasteiger partial charge on any atom is -0.394 e. The molecule has 0 aliphatic heterocycles. The topological polar surface area (TPSA) is 113 Å². The van der Waals surface area contributed by atoms with Gasteiger partial charge in [0.1, 0.15) is 0 Å². The lowest BCUT2D eigenvalue weighted by Crippen LogP contribution is -2.42. The molecule has 0 aromatic heterocycles. The van der Waals surface area contributed by atoms with E-state index in [0.29, 0.717) is 12.8 Å². The fourth-order valence-electron chi connectivity index (χ4n) is 2.66. The molecule has 8 heteroatoms. The highest BCUT2D eigenvalue weighted by molar-refractivity contribution is 7.92. The molecule has 2 rings (SSSR count). The molecule has 1 aromatic rings. The number of sulfone groups is 1. The average Bonchev–Trinajstić information content (AvgIpc) is 3.10. The summed E-state index contributed by atoms with van der Waals surface area (Å²) < 4.78 is 25.1. The van der Waals surface area contributed by atoms with Crippen molar-refractivity contribution in [3.63, 3.8) is 0 Å². The lowest BCUT2D eigenvalue weighted by molar-refractivity contribution is -0.136. The number of aliphatic hydroxyl groups is 1. The Balaban J connectivity index is 2.10. The molecule has 0 spiro atoms. The number of aliphatic hydroxyl groups excluding tert-OH is 1. The zero-order valence-electron chi connectivity index (χ0n) is 13.5. The van der Waals surface area contributed by atoms with E-state index in [4.69, 9.17) is 5.11 Å². The van der Waals surface area contributed by atoms with E-state index in [1.807, 2.05) is 0 Å². The normalized spacial score (nSPS) is 16.6. The monoisotopic (exact) mass is 354 g/mol. The van der Waals surface area contributed by atoms with Crippen LogP contribution in [0.15, 0.2) is 29.2 Å². The van der Waals surface area contributed by atoms with E-state index >= 15 is 0 Å². The minimum atomic E-state index is -3.43. The number of carbonyl (C=O) groups excluding carboxylic acids is 2. The number of carbonyl (C=O) groups is 2. The van der Waals surface area contributed by atoms with Crippen molar-refractivity contribution in [2.24, 2.45) is 0 Å². The van der Waals surface area contributed by atoms with Gasteiger partial charge in [-0.15, -0.1) is 0 Å². The van der Waals surface area contributed by atoms with E-state index in [1.165, 1.54) is 24.3 Å². The first kappa shape index (κ1) is 18.4. The van der Waals surface area contributed by atoms with Crippen molar-refractivity contribution in [3.8, 4) is 0 Å². The summed E-state index contributed by atoms with van der Waals surface area (Å²) in [5.41, 5.74) is 0.242. The molecule has 1 atom stereocenters. The van der Waals surface area contributed by atoms with Crippen molar-refractivity contribution in [2.75, 3.05) is 11.9 Å². The second kappa shape index (κ2) is 7.76. The predicted molar refractivity (Wildman–Crippen MR) is 89.2 cm³/mol. The van der Waals surface area contributed by atoms with Crippen molar-refractivity contribution >= 4 is 27.3 Å². The van der Waals surface area contributed by atoms with Crippen LogP contribution in [0.25, 0.3) is 0 Å². The summed E-state index contributed by atoms with van der Waals surface area (Å²) >= 11 is 0. The van der Waals surface area contributed by atoms with E-state index in [2.05, 4.69) is 10.6 Å². The highest BCUT2D eigenvalue weighted by Gasteiger charge is 2.30. The Morgan fingerprint density at radius 1 is 1.25 bits per heavy atom. The van der Waals surface area contributed by atoms with Gasteiger partial charge in [0, 0.05) is 11.7 Å². The molecule has 1 aliphatic carbocycles. The van der Waals surface area contributed by atoms with Gasteiger partial charge < -0.3 is 15.7 Å². The Hall–Kier alpha value is -1.93. The molecule has 2 amide bonds. The van der Waals surface area contributed by atoms with Gasteiger partial charge in [-0.05, 0) is 38.0 Å². The summed E-state index contributed by atoms with van der Waals surface area (Å²) in [4.78, 5) is 23.6. The third-order valence-corrected chi connectivity index (χ3v) is 6.28. The molecular formula is C16H22N2O5S. The first-order chi connectivity index (χ1) is 11.3. The summed E-state index contributed by atoms with van der Waals surface area (Å²) in [6.45, 7) is 1.27. The van der Waals surface area contributed by atoms with Crippen molar-refractivity contribution < 1.29 is 23.1 Å². The molecular weight excluding hydrogens is 332 g/mol. The van der Waals surface area contributed by atoms with Crippen molar-refractivity contribution in [1.29, 1.82) is 0 Å². The van der Waals surface area contributed by atoms with Crippen molar-refractivity contribution in [3.05, 3.63) is 24.3 Å². The number of rotatable bonds is 5. The summed E-state index contributed by atoms with van der Waals surface area (Å²) in [6.07, 6.45) is 3.12. The number of nitrogens with one attached hydrogen (secondary N) is 2. The smallest absolute Gasteiger partial charge is 0.313 e. The largest absolute Gasteiger partial charge is 0.394 e. The second-order valence-electron chi connectivity index (χ2n) is 5.99. The van der Waals surface area contributed by atoms with Gasteiger partial charge in [0.15, 0.2) is 9.84 Å². The third kappa shape index (κ3) is 4.33. The van der Waals surface area contributed by atoms with Crippen LogP contribution in [0.5, 0.6) is 0 Å². The van der Waals surface area contributed by atoms with Gasteiger partial charge in [-0.25, -0.2) is 8.42 Å². The van der Waals surface area contributed by atoms with E-state index in [1.54, 1.807) is 6.92 Å². The fourth-order valence-corrected chi connectivity index (χ4v) is 4.56. The summed E-state index contributed by atoms with van der Waals surface area (Å²) in [5.74, 6) is -1.80. The Labute approximate surface area is 141 Å². The van der Waals surface area contributed by atoms with E-state index in [9.17, 15) is 18.0 Å². The minimum absolute atomic E-state index is 0.149. The van der Waals surface area contributed by atoms with Crippen molar-refractivity contribution in [2.45, 2.75) is 48.8 Å². The molecule has 3 N–H and O–H groups in total. The van der Waals surface area contributed by atoms with E-state index in [0.717, 1.165) is 12.8 Å². The fraction of sp³-hybridized carbons (Fsp3) is 0.500. The standard InChI is InChI=1S/C16H22N2O5S/c1-11(10-19)17-15(20)16(21)18-12-5-4-8-14(9-12)24(22,23)13-6-2-3-7-13/h4-5,8-9,11,13,19H,2-3,6-7,10H2,1H3,(H,17,20)(H,18,21)/t11-/m0/s1. The summed E-state index contributed by atoms with van der Waals surface area (Å²) in [7, 11) is -3.43. The van der Waals surface area contributed by atoms with Crippen LogP contribution in [-0.2, 0) is 19.4 Å². The van der Waals surface area contributed by atoms with Gasteiger partial charge in [-0.3, -0.25) is 9.59 Å². The van der Waals surface area contributed by atoms with Gasteiger partial charge in [-0.1, -0.05) is 18.9 Å². The zero-order chi connectivity index (χ0) is 17.7. The van der Waals surface area contributed by atoms with Gasteiger partial charge in [-0.2, -0.15) is 0 Å². The van der Waals surface area contributed by atoms with Gasteiger partial charge in [0.2, 0.25) is 0 Å². The van der Waals surface area contributed by atoms with Crippen LogP contribution in [-0.4, -0.2) is 43.2 Å². The maximum absolute atomic E-state index is 12.6. The molecule has 7 nitrogen and oxygen atoms in total. The number of hydrogen-bond acceptors (Lipinski definition) is 5. The molecule has 0 heterocycles. The number of anilines is 1. The maximum atomic E-state index is 12.6. The Bertz CT molecular complexity index is 711. The Morgan fingerprint density at radius 3 is 2.54 bits per heavy atom. The molecule has 0 radical (unpaired) electrons. The first-order valence-electron chi connectivity index (χ1n) is 7.91. The van der Waals surface area contributed by atoms with Crippen LogP contribution in [0.1, 0.15) is 32.6 Å². The average molecular weight is 354 g/mol. The molecule has 1 aromatic carbocycles. The summed E-state index contributed by atoms with van der Waals surface area (Å²) in [5, 5.41) is 13.2. The molecule has 132 valence electrons. The lowest BCUT2D eigenvalue weighted by atomic mass is 10.3. The third-order valence-electron chi connectivity index (χ3n) is 4.02. The molecule has 24 heavy (non-hydrogen) atoms. The number of amides is 2. The van der Waals surface area contributed by atoms with Gasteiger partial charge in [0.05, 0.1) is 16.8 Å². The second-order valence-corrected chi connectivity index (χ2v) is 8.22. The maximum Gasteiger partial charge on any atom is 0.313 e. The molecule has 1 saturated carbocycles.